The average Bonchev–Trinajstić information content (AvgIpc) is 3.44. The van der Waals surface area contributed by atoms with Crippen LogP contribution >= 0.6 is 0 Å². The van der Waals surface area contributed by atoms with Gasteiger partial charge in [-0.3, -0.25) is 0 Å². The molecule has 29 heavy (non-hydrogen) atoms. The number of aliphatic hydroxyl groups is 1. The molecule has 1 aliphatic rings. The highest BCUT2D eigenvalue weighted by Crippen LogP contribution is 2.25. The van der Waals surface area contributed by atoms with E-state index in [2.05, 4.69) is 16.0 Å². The molecule has 6 nitrogen and oxygen atoms in total. The fraction of sp³-hybridized carbons (Fsp3) is 0.381. The third kappa shape index (κ3) is 6.99. The SMILES string of the molecule is O=C(O)N[C@@H](Cc1cc(F)cc(F)c1)[C@@H](O)CNCc1cccc(NC2CC2)c1. The molecular weight excluding hydrogens is 380 g/mol. The molecule has 8 heteroatoms. The minimum Gasteiger partial charge on any atom is -0.465 e. The van der Waals surface area contributed by atoms with E-state index >= 15 is 0 Å². The summed E-state index contributed by atoms with van der Waals surface area (Å²) < 4.78 is 26.8. The summed E-state index contributed by atoms with van der Waals surface area (Å²) in [5.74, 6) is -1.50. The lowest BCUT2D eigenvalue weighted by molar-refractivity contribution is 0.117. The van der Waals surface area contributed by atoms with E-state index < -0.39 is 29.9 Å². The predicted octanol–water partition coefficient (Wildman–Crippen LogP) is 2.87. The van der Waals surface area contributed by atoms with E-state index in [1.807, 2.05) is 24.3 Å². The zero-order valence-electron chi connectivity index (χ0n) is 15.9. The second-order valence-corrected chi connectivity index (χ2v) is 7.36. The molecule has 1 aliphatic carbocycles. The zero-order chi connectivity index (χ0) is 20.8. The second-order valence-electron chi connectivity index (χ2n) is 7.36. The van der Waals surface area contributed by atoms with Gasteiger partial charge in [-0.15, -0.1) is 0 Å². The Labute approximate surface area is 167 Å². The van der Waals surface area contributed by atoms with Crippen molar-refractivity contribution in [1.82, 2.24) is 10.6 Å². The lowest BCUT2D eigenvalue weighted by Gasteiger charge is -2.23. The topological polar surface area (TPSA) is 93.6 Å². The number of hydrogen-bond acceptors (Lipinski definition) is 4. The largest absolute Gasteiger partial charge is 0.465 e. The molecule has 1 amide bonds. The summed E-state index contributed by atoms with van der Waals surface area (Å²) in [5, 5.41) is 28.2. The minimum absolute atomic E-state index is 0.0371. The third-order valence-electron chi connectivity index (χ3n) is 4.71. The summed E-state index contributed by atoms with van der Waals surface area (Å²) in [6.45, 7) is 0.606. The molecule has 0 unspecified atom stereocenters. The van der Waals surface area contributed by atoms with Crippen molar-refractivity contribution in [2.45, 2.75) is 44.0 Å². The fourth-order valence-electron chi connectivity index (χ4n) is 3.17. The molecule has 0 heterocycles. The molecule has 1 saturated carbocycles. The molecule has 0 spiro atoms. The summed E-state index contributed by atoms with van der Waals surface area (Å²) in [4.78, 5) is 11.1. The van der Waals surface area contributed by atoms with Gasteiger partial charge in [0.1, 0.15) is 11.6 Å². The zero-order valence-corrected chi connectivity index (χ0v) is 15.9. The first-order valence-corrected chi connectivity index (χ1v) is 9.58. The number of anilines is 1. The number of halogens is 2. The van der Waals surface area contributed by atoms with Crippen LogP contribution in [0.15, 0.2) is 42.5 Å². The molecule has 0 saturated heterocycles. The van der Waals surface area contributed by atoms with Gasteiger partial charge in [0, 0.05) is 30.9 Å². The van der Waals surface area contributed by atoms with Crippen LogP contribution in [0.3, 0.4) is 0 Å². The maximum atomic E-state index is 13.4. The number of nitrogens with one attached hydrogen (secondary N) is 3. The van der Waals surface area contributed by atoms with Crippen molar-refractivity contribution >= 4 is 11.8 Å². The Morgan fingerprint density at radius 3 is 2.48 bits per heavy atom. The summed E-state index contributed by atoms with van der Waals surface area (Å²) >= 11 is 0. The number of amides is 1. The van der Waals surface area contributed by atoms with Crippen molar-refractivity contribution < 1.29 is 23.8 Å². The van der Waals surface area contributed by atoms with Gasteiger partial charge in [0.15, 0.2) is 0 Å². The Hall–Kier alpha value is -2.71. The van der Waals surface area contributed by atoms with Gasteiger partial charge in [-0.2, -0.15) is 0 Å². The maximum Gasteiger partial charge on any atom is 0.404 e. The van der Waals surface area contributed by atoms with Crippen LogP contribution in [-0.4, -0.2) is 41.0 Å². The maximum absolute atomic E-state index is 13.4. The Kier molecular flexibility index (Phi) is 7.00. The van der Waals surface area contributed by atoms with E-state index in [-0.39, 0.29) is 18.5 Å². The standard InChI is InChI=1S/C21H25F2N3O3/c22-15-6-14(7-16(23)10-15)9-19(26-21(28)29)20(27)12-24-11-13-2-1-3-18(8-13)25-17-4-5-17/h1-3,6-8,10,17,19-20,24-27H,4-5,9,11-12H2,(H,28,29)/t19-,20-/m0/s1. The molecule has 0 aliphatic heterocycles. The molecule has 2 aromatic rings. The van der Waals surface area contributed by atoms with Gasteiger partial charge in [0.05, 0.1) is 12.1 Å². The highest BCUT2D eigenvalue weighted by molar-refractivity contribution is 5.65. The van der Waals surface area contributed by atoms with Gasteiger partial charge in [-0.05, 0) is 54.7 Å². The van der Waals surface area contributed by atoms with E-state index in [1.54, 1.807) is 0 Å². The van der Waals surface area contributed by atoms with Crippen LogP contribution in [0.2, 0.25) is 0 Å². The first-order valence-electron chi connectivity index (χ1n) is 9.58. The summed E-state index contributed by atoms with van der Waals surface area (Å²) in [6, 6.07) is 10.6. The number of carbonyl (C=O) groups is 1. The van der Waals surface area contributed by atoms with Gasteiger partial charge < -0.3 is 26.2 Å². The minimum atomic E-state index is -1.32. The Balaban J connectivity index is 1.55. The van der Waals surface area contributed by atoms with Gasteiger partial charge >= 0.3 is 6.09 Å². The van der Waals surface area contributed by atoms with E-state index in [4.69, 9.17) is 5.11 Å². The monoisotopic (exact) mass is 405 g/mol. The molecular formula is C21H25F2N3O3. The molecule has 1 fully saturated rings. The molecule has 5 N–H and O–H groups in total. The summed E-state index contributed by atoms with van der Waals surface area (Å²) in [6.07, 6.45) is -0.0658. The third-order valence-corrected chi connectivity index (χ3v) is 4.71. The Morgan fingerprint density at radius 1 is 1.10 bits per heavy atom. The molecule has 0 aromatic heterocycles. The fourth-order valence-corrected chi connectivity index (χ4v) is 3.17. The van der Waals surface area contributed by atoms with Crippen molar-refractivity contribution in [3.8, 4) is 0 Å². The van der Waals surface area contributed by atoms with Crippen molar-refractivity contribution in [1.29, 1.82) is 0 Å². The second kappa shape index (κ2) is 9.67. The molecule has 3 rings (SSSR count). The predicted molar refractivity (Wildman–Crippen MR) is 106 cm³/mol. The highest BCUT2D eigenvalue weighted by Gasteiger charge is 2.22. The smallest absolute Gasteiger partial charge is 0.404 e. The number of carboxylic acid groups (broad SMARTS) is 1. The van der Waals surface area contributed by atoms with Crippen LogP contribution in [0.25, 0.3) is 0 Å². The number of hydrogen-bond donors (Lipinski definition) is 5. The van der Waals surface area contributed by atoms with E-state index in [9.17, 15) is 18.7 Å². The van der Waals surface area contributed by atoms with Crippen LogP contribution in [-0.2, 0) is 13.0 Å². The van der Waals surface area contributed by atoms with Gasteiger partial charge in [0.2, 0.25) is 0 Å². The normalized spacial score (nSPS) is 15.6. The quantitative estimate of drug-likeness (QED) is 0.419. The van der Waals surface area contributed by atoms with E-state index in [0.29, 0.717) is 12.6 Å². The van der Waals surface area contributed by atoms with Crippen molar-refractivity contribution in [3.05, 3.63) is 65.2 Å². The van der Waals surface area contributed by atoms with Gasteiger partial charge in [0.25, 0.3) is 0 Å². The molecule has 0 radical (unpaired) electrons. The van der Waals surface area contributed by atoms with Crippen molar-refractivity contribution in [3.63, 3.8) is 0 Å². The van der Waals surface area contributed by atoms with Gasteiger partial charge in [-0.25, -0.2) is 13.6 Å². The molecule has 2 aromatic carbocycles. The van der Waals surface area contributed by atoms with Crippen molar-refractivity contribution in [2.24, 2.45) is 0 Å². The Bertz CT molecular complexity index is 825. The Morgan fingerprint density at radius 2 is 1.83 bits per heavy atom. The number of aliphatic hydroxyl groups excluding tert-OH is 1. The van der Waals surface area contributed by atoms with Crippen molar-refractivity contribution in [2.75, 3.05) is 11.9 Å². The number of rotatable bonds is 10. The lowest BCUT2D eigenvalue weighted by Crippen LogP contribution is -2.48. The van der Waals surface area contributed by atoms with Crippen LogP contribution in [0.1, 0.15) is 24.0 Å². The number of benzene rings is 2. The first-order chi connectivity index (χ1) is 13.9. The lowest BCUT2D eigenvalue weighted by atomic mass is 10.0. The summed E-state index contributed by atoms with van der Waals surface area (Å²) in [7, 11) is 0. The molecule has 0 bridgehead atoms. The molecule has 156 valence electrons. The summed E-state index contributed by atoms with van der Waals surface area (Å²) in [5.41, 5.74) is 2.34. The van der Waals surface area contributed by atoms with Crippen LogP contribution < -0.4 is 16.0 Å². The van der Waals surface area contributed by atoms with E-state index in [1.165, 1.54) is 12.8 Å². The van der Waals surface area contributed by atoms with Crippen LogP contribution in [0.5, 0.6) is 0 Å². The van der Waals surface area contributed by atoms with Crippen LogP contribution in [0.4, 0.5) is 19.3 Å². The highest BCUT2D eigenvalue weighted by atomic mass is 19.1. The van der Waals surface area contributed by atoms with Gasteiger partial charge in [-0.1, -0.05) is 12.1 Å². The molecule has 2 atom stereocenters. The first kappa shape index (κ1) is 21.0. The van der Waals surface area contributed by atoms with Crippen LogP contribution in [0, 0.1) is 11.6 Å². The average molecular weight is 405 g/mol. The van der Waals surface area contributed by atoms with E-state index in [0.717, 1.165) is 29.4 Å².